The first-order valence-electron chi connectivity index (χ1n) is 4.94. The topological polar surface area (TPSA) is 44.5 Å². The van der Waals surface area contributed by atoms with Gasteiger partial charge in [-0.05, 0) is 24.6 Å². The number of methoxy groups -OCH3 is 1. The highest BCUT2D eigenvalue weighted by atomic mass is 79.9. The van der Waals surface area contributed by atoms with Gasteiger partial charge in [0.25, 0.3) is 0 Å². The Morgan fingerprint density at radius 3 is 2.69 bits per heavy atom. The molecule has 0 aliphatic rings. The molecule has 0 fully saturated rings. The van der Waals surface area contributed by atoms with E-state index in [4.69, 9.17) is 15.2 Å². The largest absolute Gasteiger partial charge is 0.493 e. The highest BCUT2D eigenvalue weighted by molar-refractivity contribution is 9.11. The average molecular weight is 286 g/mol. The predicted molar refractivity (Wildman–Crippen MR) is 69.2 cm³/mol. The number of benzene rings is 1. The molecular weight excluding hydrogens is 270 g/mol. The van der Waals surface area contributed by atoms with Crippen LogP contribution < -0.4 is 15.2 Å². The molecule has 0 saturated carbocycles. The summed E-state index contributed by atoms with van der Waals surface area (Å²) in [5.74, 6) is 1.37. The summed E-state index contributed by atoms with van der Waals surface area (Å²) < 4.78 is 11.5. The van der Waals surface area contributed by atoms with Gasteiger partial charge in [-0.3, -0.25) is 0 Å². The minimum absolute atomic E-state index is 0.0194. The molecule has 4 heteroatoms. The smallest absolute Gasteiger partial charge is 0.161 e. The summed E-state index contributed by atoms with van der Waals surface area (Å²) in [6.07, 6.45) is 0. The van der Waals surface area contributed by atoms with Crippen molar-refractivity contribution in [2.24, 2.45) is 5.73 Å². The third-order valence-electron chi connectivity index (χ3n) is 2.10. The van der Waals surface area contributed by atoms with E-state index in [9.17, 15) is 0 Å². The maximum absolute atomic E-state index is 5.79. The fraction of sp³-hybridized carbons (Fsp3) is 0.333. The quantitative estimate of drug-likeness (QED) is 0.905. The van der Waals surface area contributed by atoms with Gasteiger partial charge in [-0.2, -0.15) is 0 Å². The van der Waals surface area contributed by atoms with E-state index in [0.29, 0.717) is 18.1 Å². The van der Waals surface area contributed by atoms with Crippen LogP contribution in [-0.2, 0) is 0 Å². The van der Waals surface area contributed by atoms with Crippen molar-refractivity contribution in [1.82, 2.24) is 0 Å². The maximum Gasteiger partial charge on any atom is 0.161 e. The number of hydrogen-bond donors (Lipinski definition) is 1. The highest BCUT2D eigenvalue weighted by Gasteiger charge is 2.08. The van der Waals surface area contributed by atoms with Crippen molar-refractivity contribution in [3.63, 3.8) is 0 Å². The van der Waals surface area contributed by atoms with Gasteiger partial charge < -0.3 is 15.2 Å². The van der Waals surface area contributed by atoms with E-state index in [2.05, 4.69) is 22.5 Å². The molecule has 2 N–H and O–H groups in total. The van der Waals surface area contributed by atoms with Crippen molar-refractivity contribution in [3.05, 3.63) is 34.8 Å². The second-order valence-corrected chi connectivity index (χ2v) is 4.63. The van der Waals surface area contributed by atoms with E-state index in [1.54, 1.807) is 7.11 Å². The summed E-state index contributed by atoms with van der Waals surface area (Å²) in [7, 11) is 1.61. The van der Waals surface area contributed by atoms with Crippen LogP contribution in [0.3, 0.4) is 0 Å². The summed E-state index contributed by atoms with van der Waals surface area (Å²) in [6, 6.07) is 5.65. The maximum atomic E-state index is 5.79. The fourth-order valence-corrected chi connectivity index (χ4v) is 1.36. The van der Waals surface area contributed by atoms with E-state index in [-0.39, 0.29) is 6.04 Å². The number of rotatable bonds is 5. The summed E-state index contributed by atoms with van der Waals surface area (Å²) in [6.45, 7) is 6.04. The number of hydrogen-bond acceptors (Lipinski definition) is 3. The Kier molecular flexibility index (Phi) is 4.83. The number of nitrogens with two attached hydrogens (primary N) is 1. The van der Waals surface area contributed by atoms with Crippen LogP contribution >= 0.6 is 15.9 Å². The SMILES string of the molecule is C=C(Br)COc1ccc([C@H](C)N)cc1OC. The minimum Gasteiger partial charge on any atom is -0.493 e. The van der Waals surface area contributed by atoms with Gasteiger partial charge >= 0.3 is 0 Å². The first-order chi connectivity index (χ1) is 7.54. The van der Waals surface area contributed by atoms with E-state index >= 15 is 0 Å². The van der Waals surface area contributed by atoms with Gasteiger partial charge in [0.05, 0.1) is 7.11 Å². The molecule has 16 heavy (non-hydrogen) atoms. The van der Waals surface area contributed by atoms with Gasteiger partial charge in [-0.15, -0.1) is 0 Å². The Morgan fingerprint density at radius 1 is 1.50 bits per heavy atom. The van der Waals surface area contributed by atoms with E-state index in [1.807, 2.05) is 25.1 Å². The van der Waals surface area contributed by atoms with Crippen LogP contribution in [0, 0.1) is 0 Å². The molecule has 0 bridgehead atoms. The molecular formula is C12H16BrNO2. The lowest BCUT2D eigenvalue weighted by Gasteiger charge is -2.13. The highest BCUT2D eigenvalue weighted by Crippen LogP contribution is 2.30. The Bertz CT molecular complexity index is 377. The second-order valence-electron chi connectivity index (χ2n) is 3.50. The molecule has 88 valence electrons. The van der Waals surface area contributed by atoms with Crippen LogP contribution in [0.15, 0.2) is 29.3 Å². The Labute approximate surface area is 104 Å². The molecule has 1 atom stereocenters. The third-order valence-corrected chi connectivity index (χ3v) is 2.33. The fourth-order valence-electron chi connectivity index (χ4n) is 1.24. The summed E-state index contributed by atoms with van der Waals surface area (Å²) >= 11 is 3.24. The van der Waals surface area contributed by atoms with Gasteiger partial charge in [0.2, 0.25) is 0 Å². The molecule has 1 aromatic carbocycles. The monoisotopic (exact) mass is 285 g/mol. The molecule has 0 heterocycles. The molecule has 1 aromatic rings. The van der Waals surface area contributed by atoms with Crippen molar-refractivity contribution < 1.29 is 9.47 Å². The van der Waals surface area contributed by atoms with Crippen molar-refractivity contribution in [2.75, 3.05) is 13.7 Å². The zero-order valence-electron chi connectivity index (χ0n) is 9.50. The Hall–Kier alpha value is -1.00. The van der Waals surface area contributed by atoms with Crippen LogP contribution in [-0.4, -0.2) is 13.7 Å². The summed E-state index contributed by atoms with van der Waals surface area (Å²) in [5.41, 5.74) is 6.81. The lowest BCUT2D eigenvalue weighted by molar-refractivity contribution is 0.324. The van der Waals surface area contributed by atoms with Crippen LogP contribution in [0.5, 0.6) is 11.5 Å². The average Bonchev–Trinajstić information content (AvgIpc) is 2.25. The molecule has 0 aliphatic heterocycles. The van der Waals surface area contributed by atoms with Crippen molar-refractivity contribution in [2.45, 2.75) is 13.0 Å². The van der Waals surface area contributed by atoms with Gasteiger partial charge in [0, 0.05) is 10.5 Å². The Balaban J connectivity index is 2.88. The van der Waals surface area contributed by atoms with Crippen molar-refractivity contribution in [3.8, 4) is 11.5 Å². The zero-order chi connectivity index (χ0) is 12.1. The Morgan fingerprint density at radius 2 is 2.19 bits per heavy atom. The van der Waals surface area contributed by atoms with Crippen LogP contribution in [0.25, 0.3) is 0 Å². The summed E-state index contributed by atoms with van der Waals surface area (Å²) in [5, 5.41) is 0. The molecule has 0 amide bonds. The first kappa shape index (κ1) is 13.1. The third kappa shape index (κ3) is 3.54. The predicted octanol–water partition coefficient (Wildman–Crippen LogP) is 3.00. The molecule has 3 nitrogen and oxygen atoms in total. The molecule has 0 saturated heterocycles. The zero-order valence-corrected chi connectivity index (χ0v) is 11.1. The molecule has 0 radical (unpaired) electrons. The molecule has 0 aliphatic carbocycles. The standard InChI is InChI=1S/C12H16BrNO2/c1-8(13)7-16-11-5-4-10(9(2)14)6-12(11)15-3/h4-6,9H,1,7,14H2,2-3H3/t9-/m0/s1. The van der Waals surface area contributed by atoms with Crippen LogP contribution in [0.4, 0.5) is 0 Å². The van der Waals surface area contributed by atoms with Gasteiger partial charge in [-0.1, -0.05) is 28.6 Å². The molecule has 0 spiro atoms. The second kappa shape index (κ2) is 5.92. The molecule has 0 aromatic heterocycles. The first-order valence-corrected chi connectivity index (χ1v) is 5.73. The lowest BCUT2D eigenvalue weighted by atomic mass is 10.1. The van der Waals surface area contributed by atoms with E-state index in [1.165, 1.54) is 0 Å². The minimum atomic E-state index is -0.0194. The molecule has 0 unspecified atom stereocenters. The van der Waals surface area contributed by atoms with Gasteiger partial charge in [0.15, 0.2) is 11.5 Å². The lowest BCUT2D eigenvalue weighted by Crippen LogP contribution is -2.06. The van der Waals surface area contributed by atoms with Gasteiger partial charge in [-0.25, -0.2) is 0 Å². The number of halogens is 1. The van der Waals surface area contributed by atoms with E-state index in [0.717, 1.165) is 10.0 Å². The normalized spacial score (nSPS) is 12.0. The van der Waals surface area contributed by atoms with Crippen LogP contribution in [0.2, 0.25) is 0 Å². The van der Waals surface area contributed by atoms with E-state index < -0.39 is 0 Å². The van der Waals surface area contributed by atoms with Gasteiger partial charge in [0.1, 0.15) is 6.61 Å². The summed E-state index contributed by atoms with van der Waals surface area (Å²) in [4.78, 5) is 0. The van der Waals surface area contributed by atoms with Crippen molar-refractivity contribution >= 4 is 15.9 Å². The van der Waals surface area contributed by atoms with Crippen LogP contribution in [0.1, 0.15) is 18.5 Å². The number of ether oxygens (including phenoxy) is 2. The molecule has 1 rings (SSSR count). The van der Waals surface area contributed by atoms with Crippen molar-refractivity contribution in [1.29, 1.82) is 0 Å².